The van der Waals surface area contributed by atoms with Crippen molar-refractivity contribution in [3.8, 4) is 6.01 Å². The van der Waals surface area contributed by atoms with Crippen LogP contribution in [0, 0.1) is 5.92 Å². The molecule has 3 aromatic rings. The van der Waals surface area contributed by atoms with Crippen molar-refractivity contribution in [3.05, 3.63) is 64.3 Å². The van der Waals surface area contributed by atoms with Gasteiger partial charge in [-0.2, -0.15) is 4.98 Å². The molecule has 1 saturated carbocycles. The molecule has 6 rings (SSSR count). The molecule has 9 nitrogen and oxygen atoms in total. The number of hydrogen-bond donors (Lipinski definition) is 3. The van der Waals surface area contributed by atoms with E-state index in [2.05, 4.69) is 27.4 Å². The number of ether oxygens (including phenoxy) is 2. The fraction of sp³-hybridized carbons (Fsp3) is 0.419. The van der Waals surface area contributed by atoms with Gasteiger partial charge in [-0.05, 0) is 86.3 Å². The van der Waals surface area contributed by atoms with E-state index in [0.717, 1.165) is 36.8 Å². The van der Waals surface area contributed by atoms with Crippen LogP contribution in [0.5, 0.6) is 6.01 Å². The van der Waals surface area contributed by atoms with Gasteiger partial charge < -0.3 is 24.9 Å². The fourth-order valence-electron chi connectivity index (χ4n) is 5.78. The van der Waals surface area contributed by atoms with E-state index in [-0.39, 0.29) is 24.0 Å². The minimum absolute atomic E-state index is 0.0446. The van der Waals surface area contributed by atoms with Gasteiger partial charge in [0.05, 0.1) is 22.2 Å². The molecule has 1 saturated heterocycles. The Morgan fingerprint density at radius 3 is 2.37 bits per heavy atom. The number of aliphatic carboxylic acids is 1. The third kappa shape index (κ3) is 6.31. The highest BCUT2D eigenvalue weighted by atomic mass is 35.5. The number of halogens is 1. The molecule has 0 spiro atoms. The number of H-pyrrole nitrogens is 1. The topological polar surface area (TPSA) is 126 Å². The number of amides is 1. The van der Waals surface area contributed by atoms with Crippen LogP contribution in [0.3, 0.4) is 0 Å². The summed E-state index contributed by atoms with van der Waals surface area (Å²) >= 11 is 6.64. The normalized spacial score (nSPS) is 21.7. The SMILES string of the molecule is O=C(NC1CCOCC1)c1ccc(C2=CC=C(c3nc4nc(OC5CCC(C(=O)O)CC5)[nH]c4cc3Cl)CC2)cc1. The zero-order chi connectivity index (χ0) is 28.3. The number of allylic oxidation sites excluding steroid dienone is 4. The van der Waals surface area contributed by atoms with E-state index in [1.54, 1.807) is 0 Å². The summed E-state index contributed by atoms with van der Waals surface area (Å²) < 4.78 is 11.4. The standard InChI is InChI=1S/C31H33ClN4O5/c32-25-17-26-28(36-31(34-26)41-24-11-9-22(10-12-24)30(38)39)35-27(25)20-5-1-18(2-6-20)19-3-7-21(8-4-19)29(37)33-23-13-15-40-16-14-23/h1,3-5,7-8,17,22-24H,2,6,9-16H2,(H,33,37)(H,38,39)(H,34,35,36). The number of benzene rings is 1. The van der Waals surface area contributed by atoms with Crippen molar-refractivity contribution >= 4 is 45.8 Å². The van der Waals surface area contributed by atoms with E-state index in [1.807, 2.05) is 30.3 Å². The van der Waals surface area contributed by atoms with Crippen LogP contribution in [0.1, 0.15) is 73.0 Å². The number of nitrogens with zero attached hydrogens (tertiary/aromatic N) is 2. The molecule has 0 atom stereocenters. The van der Waals surface area contributed by atoms with Gasteiger partial charge in [0.25, 0.3) is 11.9 Å². The van der Waals surface area contributed by atoms with Crippen molar-refractivity contribution in [1.82, 2.24) is 20.3 Å². The van der Waals surface area contributed by atoms with Crippen molar-refractivity contribution < 1.29 is 24.2 Å². The Morgan fingerprint density at radius 1 is 0.976 bits per heavy atom. The predicted octanol–water partition coefficient (Wildman–Crippen LogP) is 5.80. The maximum Gasteiger partial charge on any atom is 0.306 e. The summed E-state index contributed by atoms with van der Waals surface area (Å²) in [5, 5.41) is 12.9. The number of fused-ring (bicyclic) bond motifs is 1. The molecular weight excluding hydrogens is 544 g/mol. The van der Waals surface area contributed by atoms with Crippen molar-refractivity contribution in [2.45, 2.75) is 63.5 Å². The number of carboxylic acids is 1. The number of aromatic amines is 1. The highest BCUT2D eigenvalue weighted by molar-refractivity contribution is 6.32. The summed E-state index contributed by atoms with van der Waals surface area (Å²) in [7, 11) is 0. The Balaban J connectivity index is 1.12. The molecule has 0 unspecified atom stereocenters. The first kappa shape index (κ1) is 27.5. The third-order valence-electron chi connectivity index (χ3n) is 8.23. The highest BCUT2D eigenvalue weighted by Crippen LogP contribution is 2.35. The highest BCUT2D eigenvalue weighted by Gasteiger charge is 2.28. The van der Waals surface area contributed by atoms with Crippen LogP contribution in [0.4, 0.5) is 0 Å². The van der Waals surface area contributed by atoms with E-state index in [9.17, 15) is 14.7 Å². The zero-order valence-corrected chi connectivity index (χ0v) is 23.5. The van der Waals surface area contributed by atoms with E-state index in [1.165, 1.54) is 5.57 Å². The Morgan fingerprint density at radius 2 is 1.68 bits per heavy atom. The molecule has 3 aliphatic rings. The van der Waals surface area contributed by atoms with Crippen molar-refractivity contribution in [3.63, 3.8) is 0 Å². The van der Waals surface area contributed by atoms with Gasteiger partial charge >= 0.3 is 5.97 Å². The number of nitrogens with one attached hydrogen (secondary N) is 2. The van der Waals surface area contributed by atoms with Crippen LogP contribution in [0.15, 0.2) is 42.5 Å². The van der Waals surface area contributed by atoms with E-state index < -0.39 is 5.97 Å². The molecule has 1 amide bonds. The number of hydrogen-bond acceptors (Lipinski definition) is 6. The minimum atomic E-state index is -0.735. The second-order valence-corrected chi connectivity index (χ2v) is 11.4. The van der Waals surface area contributed by atoms with Crippen LogP contribution >= 0.6 is 11.6 Å². The van der Waals surface area contributed by atoms with Gasteiger partial charge in [-0.3, -0.25) is 9.59 Å². The molecule has 2 aromatic heterocycles. The Bertz CT molecular complexity index is 1500. The second-order valence-electron chi connectivity index (χ2n) is 11.0. The molecule has 2 aliphatic carbocycles. The third-order valence-corrected chi connectivity index (χ3v) is 8.52. The number of aromatic nitrogens is 3. The van der Waals surface area contributed by atoms with Gasteiger partial charge in [-0.1, -0.05) is 35.9 Å². The van der Waals surface area contributed by atoms with Gasteiger partial charge in [0.2, 0.25) is 0 Å². The number of carbonyl (C=O) groups excluding carboxylic acids is 1. The maximum atomic E-state index is 12.6. The van der Waals surface area contributed by atoms with E-state index in [0.29, 0.717) is 72.4 Å². The summed E-state index contributed by atoms with van der Waals surface area (Å²) in [4.78, 5) is 36.3. The van der Waals surface area contributed by atoms with Crippen LogP contribution in [0.2, 0.25) is 5.02 Å². The lowest BCUT2D eigenvalue weighted by Crippen LogP contribution is -2.38. The molecule has 2 fully saturated rings. The molecular formula is C31H33ClN4O5. The van der Waals surface area contributed by atoms with Crippen molar-refractivity contribution in [2.75, 3.05) is 13.2 Å². The van der Waals surface area contributed by atoms with Crippen LogP contribution in [-0.4, -0.2) is 57.3 Å². The number of rotatable bonds is 7. The average molecular weight is 577 g/mol. The number of carboxylic acid groups (broad SMARTS) is 1. The van der Waals surface area contributed by atoms with Crippen LogP contribution < -0.4 is 10.1 Å². The van der Waals surface area contributed by atoms with Gasteiger partial charge in [-0.15, -0.1) is 0 Å². The van der Waals surface area contributed by atoms with E-state index >= 15 is 0 Å². The number of imidazole rings is 1. The average Bonchev–Trinajstić information content (AvgIpc) is 3.38. The molecule has 3 N–H and O–H groups in total. The van der Waals surface area contributed by atoms with Gasteiger partial charge in [0, 0.05) is 24.8 Å². The molecule has 0 bridgehead atoms. The molecule has 41 heavy (non-hydrogen) atoms. The van der Waals surface area contributed by atoms with Gasteiger partial charge in [-0.25, -0.2) is 4.98 Å². The lowest BCUT2D eigenvalue weighted by Gasteiger charge is -2.25. The molecule has 1 aromatic carbocycles. The Labute approximate surface area is 243 Å². The fourth-order valence-corrected chi connectivity index (χ4v) is 6.06. The van der Waals surface area contributed by atoms with Crippen molar-refractivity contribution in [2.24, 2.45) is 5.92 Å². The summed E-state index contributed by atoms with van der Waals surface area (Å²) in [5.74, 6) is -1.07. The molecule has 214 valence electrons. The quantitative estimate of drug-likeness (QED) is 0.324. The Kier molecular flexibility index (Phi) is 8.07. The first-order valence-electron chi connectivity index (χ1n) is 14.3. The summed E-state index contributed by atoms with van der Waals surface area (Å²) in [6, 6.07) is 10.1. The molecule has 3 heterocycles. The first-order chi connectivity index (χ1) is 19.9. The second kappa shape index (κ2) is 12.0. The summed E-state index contributed by atoms with van der Waals surface area (Å²) in [6.45, 7) is 1.38. The smallest absolute Gasteiger partial charge is 0.306 e. The zero-order valence-electron chi connectivity index (χ0n) is 22.7. The molecule has 10 heteroatoms. The predicted molar refractivity (Wildman–Crippen MR) is 156 cm³/mol. The molecule has 1 aliphatic heterocycles. The van der Waals surface area contributed by atoms with Crippen LogP contribution in [0.25, 0.3) is 22.3 Å². The van der Waals surface area contributed by atoms with Crippen molar-refractivity contribution in [1.29, 1.82) is 0 Å². The number of pyridine rings is 1. The number of carbonyl (C=O) groups is 2. The van der Waals surface area contributed by atoms with E-state index in [4.69, 9.17) is 26.1 Å². The molecule has 0 radical (unpaired) electrons. The maximum absolute atomic E-state index is 12.6. The minimum Gasteiger partial charge on any atom is -0.481 e. The monoisotopic (exact) mass is 576 g/mol. The largest absolute Gasteiger partial charge is 0.481 e. The summed E-state index contributed by atoms with van der Waals surface area (Å²) in [5.41, 5.74) is 5.90. The summed E-state index contributed by atoms with van der Waals surface area (Å²) in [6.07, 6.45) is 9.94. The Hall–Kier alpha value is -3.69. The van der Waals surface area contributed by atoms with Gasteiger partial charge in [0.1, 0.15) is 6.10 Å². The first-order valence-corrected chi connectivity index (χ1v) is 14.7. The lowest BCUT2D eigenvalue weighted by atomic mass is 9.87. The van der Waals surface area contributed by atoms with Gasteiger partial charge in [0.15, 0.2) is 5.65 Å². The van der Waals surface area contributed by atoms with Crippen LogP contribution in [-0.2, 0) is 9.53 Å². The lowest BCUT2D eigenvalue weighted by molar-refractivity contribution is -0.143.